The Bertz CT molecular complexity index is 483. The first-order valence-corrected chi connectivity index (χ1v) is 7.85. The van der Waals surface area contributed by atoms with Crippen LogP contribution < -0.4 is 10.2 Å². The molecule has 104 valence electrons. The first kappa shape index (κ1) is 13.4. The summed E-state index contributed by atoms with van der Waals surface area (Å²) >= 11 is 3.30. The van der Waals surface area contributed by atoms with Crippen LogP contribution >= 0.6 is 15.9 Å². The third kappa shape index (κ3) is 2.52. The Labute approximate surface area is 122 Å². The summed E-state index contributed by atoms with van der Waals surface area (Å²) in [5.41, 5.74) is 2.49. The molecule has 0 amide bonds. The molecule has 1 aliphatic carbocycles. The summed E-state index contributed by atoms with van der Waals surface area (Å²) in [6, 6.07) is 3.56. The molecule has 0 bridgehead atoms. The molecule has 1 N–H and O–H groups in total. The second kappa shape index (κ2) is 5.06. The van der Waals surface area contributed by atoms with Crippen molar-refractivity contribution in [2.24, 2.45) is 0 Å². The smallest absolute Gasteiger partial charge is 0.137 e. The van der Waals surface area contributed by atoms with Gasteiger partial charge in [-0.25, -0.2) is 4.39 Å². The number of halogens is 2. The van der Waals surface area contributed by atoms with Gasteiger partial charge in [0.2, 0.25) is 0 Å². The van der Waals surface area contributed by atoms with Crippen molar-refractivity contribution in [2.75, 3.05) is 24.5 Å². The summed E-state index contributed by atoms with van der Waals surface area (Å²) in [6.45, 7) is 5.06. The van der Waals surface area contributed by atoms with Gasteiger partial charge in [0.05, 0.1) is 4.47 Å². The number of rotatable bonds is 1. The van der Waals surface area contributed by atoms with Gasteiger partial charge in [0.25, 0.3) is 0 Å². The van der Waals surface area contributed by atoms with Gasteiger partial charge in [-0.2, -0.15) is 0 Å². The molecule has 0 atom stereocenters. The number of nitrogens with zero attached hydrogens (tertiary/aromatic N) is 1. The highest BCUT2D eigenvalue weighted by atomic mass is 79.9. The zero-order chi connectivity index (χ0) is 13.5. The third-order valence-electron chi connectivity index (χ3n) is 4.52. The van der Waals surface area contributed by atoms with Crippen LogP contribution in [0.1, 0.15) is 31.2 Å². The fourth-order valence-electron chi connectivity index (χ4n) is 3.53. The molecule has 0 aromatic heterocycles. The molecule has 4 heteroatoms. The SMILES string of the molecule is Cc1cc(F)c(Br)cc1N1CCNC2(CCCC2)C1. The predicted molar refractivity (Wildman–Crippen MR) is 80.3 cm³/mol. The lowest BCUT2D eigenvalue weighted by atomic mass is 9.94. The van der Waals surface area contributed by atoms with E-state index in [0.717, 1.165) is 25.2 Å². The van der Waals surface area contributed by atoms with Crippen LogP contribution in [0.5, 0.6) is 0 Å². The Morgan fingerprint density at radius 1 is 1.32 bits per heavy atom. The van der Waals surface area contributed by atoms with Crippen molar-refractivity contribution in [3.63, 3.8) is 0 Å². The van der Waals surface area contributed by atoms with E-state index in [4.69, 9.17) is 0 Å². The minimum absolute atomic E-state index is 0.174. The van der Waals surface area contributed by atoms with E-state index in [-0.39, 0.29) is 5.82 Å². The second-order valence-corrected chi connectivity index (χ2v) is 6.74. The quantitative estimate of drug-likeness (QED) is 0.848. The molecule has 2 fully saturated rings. The van der Waals surface area contributed by atoms with Crippen molar-refractivity contribution in [1.29, 1.82) is 0 Å². The molecule has 1 saturated carbocycles. The van der Waals surface area contributed by atoms with Gasteiger partial charge in [0.1, 0.15) is 5.82 Å². The van der Waals surface area contributed by atoms with Gasteiger partial charge in [-0.1, -0.05) is 12.8 Å². The van der Waals surface area contributed by atoms with Gasteiger partial charge in [-0.3, -0.25) is 0 Å². The third-order valence-corrected chi connectivity index (χ3v) is 5.12. The maximum absolute atomic E-state index is 13.5. The molecule has 0 radical (unpaired) electrons. The van der Waals surface area contributed by atoms with Gasteiger partial charge >= 0.3 is 0 Å². The summed E-state index contributed by atoms with van der Waals surface area (Å²) in [4.78, 5) is 2.42. The van der Waals surface area contributed by atoms with Crippen LogP contribution in [0.2, 0.25) is 0 Å². The number of hydrogen-bond donors (Lipinski definition) is 1. The first-order valence-electron chi connectivity index (χ1n) is 7.05. The molecule has 1 saturated heterocycles. The van der Waals surface area contributed by atoms with Crippen LogP contribution in [-0.2, 0) is 0 Å². The topological polar surface area (TPSA) is 15.3 Å². The number of benzene rings is 1. The maximum Gasteiger partial charge on any atom is 0.137 e. The number of aryl methyl sites for hydroxylation is 1. The van der Waals surface area contributed by atoms with Crippen molar-refractivity contribution < 1.29 is 4.39 Å². The van der Waals surface area contributed by atoms with Crippen molar-refractivity contribution in [1.82, 2.24) is 5.32 Å². The normalized spacial score (nSPS) is 22.2. The van der Waals surface area contributed by atoms with E-state index in [1.165, 1.54) is 31.4 Å². The van der Waals surface area contributed by atoms with Crippen LogP contribution in [0.4, 0.5) is 10.1 Å². The lowest BCUT2D eigenvalue weighted by Gasteiger charge is -2.43. The molecular weight excluding hydrogens is 307 g/mol. The van der Waals surface area contributed by atoms with Crippen LogP contribution in [0, 0.1) is 12.7 Å². The minimum atomic E-state index is -0.174. The van der Waals surface area contributed by atoms with E-state index < -0.39 is 0 Å². The highest BCUT2D eigenvalue weighted by molar-refractivity contribution is 9.10. The molecule has 19 heavy (non-hydrogen) atoms. The average molecular weight is 327 g/mol. The van der Waals surface area contributed by atoms with E-state index in [1.807, 2.05) is 13.0 Å². The lowest BCUT2D eigenvalue weighted by molar-refractivity contribution is 0.303. The molecule has 0 unspecified atom stereocenters. The predicted octanol–water partition coefficient (Wildman–Crippen LogP) is 3.62. The van der Waals surface area contributed by atoms with E-state index in [2.05, 4.69) is 26.1 Å². The van der Waals surface area contributed by atoms with Crippen LogP contribution in [-0.4, -0.2) is 25.2 Å². The fraction of sp³-hybridized carbons (Fsp3) is 0.600. The largest absolute Gasteiger partial charge is 0.368 e. The van der Waals surface area contributed by atoms with Crippen molar-refractivity contribution in [3.05, 3.63) is 28.0 Å². The van der Waals surface area contributed by atoms with Crippen molar-refractivity contribution in [2.45, 2.75) is 38.1 Å². The zero-order valence-corrected chi connectivity index (χ0v) is 12.9. The van der Waals surface area contributed by atoms with Crippen LogP contribution in [0.15, 0.2) is 16.6 Å². The molecular formula is C15H20BrFN2. The number of hydrogen-bond acceptors (Lipinski definition) is 2. The lowest BCUT2D eigenvalue weighted by Crippen LogP contribution is -2.59. The van der Waals surface area contributed by atoms with Gasteiger partial charge in [-0.15, -0.1) is 0 Å². The van der Waals surface area contributed by atoms with Gasteiger partial charge < -0.3 is 10.2 Å². The van der Waals surface area contributed by atoms with E-state index in [0.29, 0.717) is 10.0 Å². The molecule has 2 aliphatic rings. The number of nitrogens with one attached hydrogen (secondary N) is 1. The molecule has 1 heterocycles. The standard InChI is InChI=1S/C15H20BrFN2/c1-11-8-13(17)12(16)9-14(11)19-7-6-18-15(10-19)4-2-3-5-15/h8-9,18H,2-7,10H2,1H3. The van der Waals surface area contributed by atoms with E-state index in [1.54, 1.807) is 6.07 Å². The van der Waals surface area contributed by atoms with Gasteiger partial charge in [-0.05, 0) is 53.4 Å². The summed E-state index contributed by atoms with van der Waals surface area (Å²) in [5, 5.41) is 3.71. The molecule has 1 aromatic carbocycles. The first-order chi connectivity index (χ1) is 9.10. The molecule has 1 aliphatic heterocycles. The Morgan fingerprint density at radius 2 is 2.05 bits per heavy atom. The summed E-state index contributed by atoms with van der Waals surface area (Å²) in [6.07, 6.45) is 5.19. The second-order valence-electron chi connectivity index (χ2n) is 5.89. The van der Waals surface area contributed by atoms with E-state index in [9.17, 15) is 4.39 Å². The minimum Gasteiger partial charge on any atom is -0.368 e. The average Bonchev–Trinajstić information content (AvgIpc) is 2.82. The molecule has 1 aromatic rings. The van der Waals surface area contributed by atoms with E-state index >= 15 is 0 Å². The zero-order valence-electron chi connectivity index (χ0n) is 11.3. The Balaban J connectivity index is 1.87. The Kier molecular flexibility index (Phi) is 3.56. The van der Waals surface area contributed by atoms with Crippen molar-refractivity contribution in [3.8, 4) is 0 Å². The fourth-order valence-corrected chi connectivity index (χ4v) is 3.86. The highest BCUT2D eigenvalue weighted by Gasteiger charge is 2.37. The number of anilines is 1. The Morgan fingerprint density at radius 3 is 2.79 bits per heavy atom. The summed E-state index contributed by atoms with van der Waals surface area (Å²) in [5.74, 6) is -0.174. The molecule has 1 spiro atoms. The molecule has 2 nitrogen and oxygen atoms in total. The monoisotopic (exact) mass is 326 g/mol. The summed E-state index contributed by atoms with van der Waals surface area (Å²) < 4.78 is 14.1. The summed E-state index contributed by atoms with van der Waals surface area (Å²) in [7, 11) is 0. The highest BCUT2D eigenvalue weighted by Crippen LogP contribution is 2.35. The van der Waals surface area contributed by atoms with Gasteiger partial charge in [0, 0.05) is 30.9 Å². The van der Waals surface area contributed by atoms with Crippen LogP contribution in [0.25, 0.3) is 0 Å². The maximum atomic E-state index is 13.5. The molecule has 3 rings (SSSR count). The number of piperazine rings is 1. The van der Waals surface area contributed by atoms with Gasteiger partial charge in [0.15, 0.2) is 0 Å². The van der Waals surface area contributed by atoms with Crippen LogP contribution in [0.3, 0.4) is 0 Å². The van der Waals surface area contributed by atoms with Crippen molar-refractivity contribution >= 4 is 21.6 Å². The Hall–Kier alpha value is -0.610.